The van der Waals surface area contributed by atoms with Gasteiger partial charge in [0.1, 0.15) is 17.0 Å². The van der Waals surface area contributed by atoms with Crippen molar-refractivity contribution in [1.82, 2.24) is 9.55 Å². The second-order valence-electron chi connectivity index (χ2n) is 13.8. The van der Waals surface area contributed by atoms with Crippen LogP contribution in [-0.4, -0.2) is 9.55 Å². The van der Waals surface area contributed by atoms with Crippen molar-refractivity contribution < 1.29 is 4.42 Å². The fourth-order valence-electron chi connectivity index (χ4n) is 8.46. The van der Waals surface area contributed by atoms with Crippen molar-refractivity contribution in [3.8, 4) is 50.5 Å². The van der Waals surface area contributed by atoms with Crippen molar-refractivity contribution in [2.45, 2.75) is 0 Å². The van der Waals surface area contributed by atoms with E-state index in [-0.39, 0.29) is 0 Å². The molecule has 11 rings (SSSR count). The Balaban J connectivity index is 1.36. The van der Waals surface area contributed by atoms with E-state index in [2.05, 4.69) is 187 Å². The molecule has 0 radical (unpaired) electrons. The predicted molar refractivity (Wildman–Crippen MR) is 225 cm³/mol. The molecule has 2 heterocycles. The third-order valence-electron chi connectivity index (χ3n) is 10.8. The summed E-state index contributed by atoms with van der Waals surface area (Å²) < 4.78 is 8.83. The number of benzene rings is 9. The van der Waals surface area contributed by atoms with E-state index in [1.165, 1.54) is 44.2 Å². The van der Waals surface area contributed by atoms with Crippen LogP contribution in [0.4, 0.5) is 0 Å². The van der Waals surface area contributed by atoms with Gasteiger partial charge in [-0.3, -0.25) is 4.57 Å². The van der Waals surface area contributed by atoms with E-state index in [9.17, 15) is 0 Å². The van der Waals surface area contributed by atoms with Gasteiger partial charge in [0, 0.05) is 27.1 Å². The molecule has 0 amide bonds. The van der Waals surface area contributed by atoms with Gasteiger partial charge in [-0.15, -0.1) is 0 Å². The predicted octanol–water partition coefficient (Wildman–Crippen LogP) is 13.9. The number of aromatic nitrogens is 2. The Labute approximate surface area is 312 Å². The number of nitrogens with zero attached hydrogens (tertiary/aromatic N) is 2. The summed E-state index contributed by atoms with van der Waals surface area (Å²) in [4.78, 5) is 5.46. The van der Waals surface area contributed by atoms with Crippen LogP contribution in [-0.2, 0) is 0 Å². The highest BCUT2D eigenvalue weighted by atomic mass is 16.3. The number of hydrogen-bond donors (Lipinski definition) is 0. The average molecular weight is 689 g/mol. The minimum absolute atomic E-state index is 0.848. The lowest BCUT2D eigenvalue weighted by atomic mass is 9.85. The number of imidazole rings is 1. The van der Waals surface area contributed by atoms with Gasteiger partial charge < -0.3 is 4.42 Å². The van der Waals surface area contributed by atoms with E-state index < -0.39 is 0 Å². The molecule has 0 unspecified atom stereocenters. The number of furan rings is 1. The van der Waals surface area contributed by atoms with Gasteiger partial charge in [-0.25, -0.2) is 4.98 Å². The van der Waals surface area contributed by atoms with Gasteiger partial charge in [0.25, 0.3) is 0 Å². The summed E-state index contributed by atoms with van der Waals surface area (Å²) in [6, 6.07) is 69.2. The molecule has 252 valence electrons. The van der Waals surface area contributed by atoms with Crippen LogP contribution in [0.5, 0.6) is 0 Å². The van der Waals surface area contributed by atoms with Crippen molar-refractivity contribution in [3.05, 3.63) is 194 Å². The molecule has 0 bridgehead atoms. The van der Waals surface area contributed by atoms with Gasteiger partial charge in [-0.2, -0.15) is 0 Å². The van der Waals surface area contributed by atoms with E-state index in [1.54, 1.807) is 0 Å². The standard InChI is InChI=1S/C51H32N2O/c1-4-17-33(18-5-1)40-31-42-43(32-41(40)34-19-6-2-7-20-34)50(37-24-11-10-23-36(37)48(42)35-21-8-3-9-22-35)53-45-28-14-13-27-44(45)52-51(53)39-26-16-30-47-49(39)38-25-12-15-29-46(38)54-47/h1-32H. The van der Waals surface area contributed by atoms with E-state index in [0.29, 0.717) is 0 Å². The van der Waals surface area contributed by atoms with Crippen LogP contribution in [0.1, 0.15) is 0 Å². The largest absolute Gasteiger partial charge is 0.456 e. The molecule has 11 aromatic rings. The van der Waals surface area contributed by atoms with Crippen molar-refractivity contribution in [2.24, 2.45) is 0 Å². The van der Waals surface area contributed by atoms with Gasteiger partial charge >= 0.3 is 0 Å². The van der Waals surface area contributed by atoms with Crippen LogP contribution in [0.25, 0.3) is 105 Å². The maximum atomic E-state index is 6.42. The van der Waals surface area contributed by atoms with Gasteiger partial charge in [-0.1, -0.05) is 158 Å². The first kappa shape index (κ1) is 30.4. The number of hydrogen-bond acceptors (Lipinski definition) is 2. The van der Waals surface area contributed by atoms with Gasteiger partial charge in [0.15, 0.2) is 0 Å². The fraction of sp³-hybridized carbons (Fsp3) is 0. The Bertz CT molecular complexity index is 3190. The highest BCUT2D eigenvalue weighted by Crippen LogP contribution is 2.48. The third kappa shape index (κ3) is 4.65. The second-order valence-corrected chi connectivity index (χ2v) is 13.8. The third-order valence-corrected chi connectivity index (χ3v) is 10.8. The van der Waals surface area contributed by atoms with Crippen molar-refractivity contribution in [2.75, 3.05) is 0 Å². The summed E-state index contributed by atoms with van der Waals surface area (Å²) >= 11 is 0. The summed E-state index contributed by atoms with van der Waals surface area (Å²) in [6.07, 6.45) is 0. The van der Waals surface area contributed by atoms with Crippen LogP contribution in [0, 0.1) is 0 Å². The molecular weight excluding hydrogens is 657 g/mol. The summed E-state index contributed by atoms with van der Waals surface area (Å²) in [7, 11) is 0. The first-order valence-corrected chi connectivity index (χ1v) is 18.4. The molecule has 9 aromatic carbocycles. The lowest BCUT2D eigenvalue weighted by Gasteiger charge is -2.22. The van der Waals surface area contributed by atoms with Crippen LogP contribution in [0.15, 0.2) is 199 Å². The average Bonchev–Trinajstić information content (AvgIpc) is 3.82. The smallest absolute Gasteiger partial charge is 0.146 e. The lowest BCUT2D eigenvalue weighted by molar-refractivity contribution is 0.669. The first-order valence-electron chi connectivity index (χ1n) is 18.4. The molecular formula is C51H32N2O. The van der Waals surface area contributed by atoms with Crippen molar-refractivity contribution in [3.63, 3.8) is 0 Å². The molecule has 0 aliphatic rings. The maximum Gasteiger partial charge on any atom is 0.146 e. The molecule has 0 atom stereocenters. The Kier molecular flexibility index (Phi) is 6.86. The molecule has 3 nitrogen and oxygen atoms in total. The highest BCUT2D eigenvalue weighted by molar-refractivity contribution is 6.21. The first-order chi connectivity index (χ1) is 26.8. The van der Waals surface area contributed by atoms with Gasteiger partial charge in [-0.05, 0) is 80.6 Å². The zero-order valence-electron chi connectivity index (χ0n) is 29.3. The molecule has 0 N–H and O–H groups in total. The molecule has 3 heteroatoms. The molecule has 0 saturated heterocycles. The topological polar surface area (TPSA) is 31.0 Å². The van der Waals surface area contributed by atoms with E-state index in [0.717, 1.165) is 60.8 Å². The Morgan fingerprint density at radius 3 is 1.67 bits per heavy atom. The maximum absolute atomic E-state index is 6.42. The molecule has 0 fully saturated rings. The van der Waals surface area contributed by atoms with Crippen LogP contribution in [0.3, 0.4) is 0 Å². The van der Waals surface area contributed by atoms with E-state index >= 15 is 0 Å². The molecule has 2 aromatic heterocycles. The summed E-state index contributed by atoms with van der Waals surface area (Å²) in [6.45, 7) is 0. The van der Waals surface area contributed by atoms with Crippen LogP contribution in [0.2, 0.25) is 0 Å². The monoisotopic (exact) mass is 688 g/mol. The molecule has 0 aliphatic heterocycles. The van der Waals surface area contributed by atoms with Crippen LogP contribution < -0.4 is 0 Å². The quantitative estimate of drug-likeness (QED) is 0.169. The molecule has 0 aliphatic carbocycles. The SMILES string of the molecule is c1ccc(-c2cc3c(-c4ccccc4)c4ccccc4c(-n4c(-c5cccc6oc7ccccc7c56)nc5ccccc54)c3cc2-c2ccccc2)cc1. The molecule has 54 heavy (non-hydrogen) atoms. The summed E-state index contributed by atoms with van der Waals surface area (Å²) in [5, 5.41) is 6.83. The normalized spacial score (nSPS) is 11.7. The Hall–Kier alpha value is -7.23. The van der Waals surface area contributed by atoms with Crippen LogP contribution >= 0.6 is 0 Å². The van der Waals surface area contributed by atoms with Crippen molar-refractivity contribution in [1.29, 1.82) is 0 Å². The lowest BCUT2D eigenvalue weighted by Crippen LogP contribution is -2.02. The zero-order chi connectivity index (χ0) is 35.6. The Morgan fingerprint density at radius 1 is 0.389 bits per heavy atom. The summed E-state index contributed by atoms with van der Waals surface area (Å²) in [5.41, 5.74) is 13.0. The Morgan fingerprint density at radius 2 is 0.944 bits per heavy atom. The number of fused-ring (bicyclic) bond motifs is 6. The van der Waals surface area contributed by atoms with Gasteiger partial charge in [0.05, 0.1) is 16.7 Å². The summed E-state index contributed by atoms with van der Waals surface area (Å²) in [5.74, 6) is 0.876. The number of rotatable bonds is 5. The minimum atomic E-state index is 0.848. The van der Waals surface area contributed by atoms with E-state index in [4.69, 9.17) is 9.40 Å². The fourth-order valence-corrected chi connectivity index (χ4v) is 8.46. The highest BCUT2D eigenvalue weighted by Gasteiger charge is 2.25. The molecule has 0 spiro atoms. The van der Waals surface area contributed by atoms with E-state index in [1.807, 2.05) is 12.1 Å². The minimum Gasteiger partial charge on any atom is -0.456 e. The van der Waals surface area contributed by atoms with Gasteiger partial charge in [0.2, 0.25) is 0 Å². The van der Waals surface area contributed by atoms with Crippen molar-refractivity contribution >= 4 is 54.5 Å². The number of para-hydroxylation sites is 3. The molecule has 0 saturated carbocycles. The zero-order valence-corrected chi connectivity index (χ0v) is 29.3. The second kappa shape index (κ2) is 12.2.